The first-order valence-electron chi connectivity index (χ1n) is 11.7. The molecule has 11 nitrogen and oxygen atoms in total. The summed E-state index contributed by atoms with van der Waals surface area (Å²) in [5.41, 5.74) is 1.09. The molecule has 0 spiro atoms. The second kappa shape index (κ2) is 9.77. The lowest BCUT2D eigenvalue weighted by atomic mass is 9.94. The fourth-order valence-electron chi connectivity index (χ4n) is 4.05. The van der Waals surface area contributed by atoms with Gasteiger partial charge in [0.15, 0.2) is 5.65 Å². The molecule has 12 heteroatoms. The molecule has 1 aromatic carbocycles. The average Bonchev–Trinajstić information content (AvgIpc) is 3.24. The van der Waals surface area contributed by atoms with Crippen molar-refractivity contribution < 1.29 is 23.8 Å². The number of nitrogens with zero attached hydrogens (tertiary/aromatic N) is 4. The van der Waals surface area contributed by atoms with E-state index in [1.165, 1.54) is 29.4 Å². The molecule has 0 aliphatic carbocycles. The Morgan fingerprint density at radius 1 is 1.30 bits per heavy atom. The van der Waals surface area contributed by atoms with E-state index in [9.17, 15) is 19.1 Å². The predicted molar refractivity (Wildman–Crippen MR) is 136 cm³/mol. The van der Waals surface area contributed by atoms with Gasteiger partial charge in [0, 0.05) is 31.5 Å². The number of halogens is 1. The third kappa shape index (κ3) is 5.53. The summed E-state index contributed by atoms with van der Waals surface area (Å²) in [5.74, 6) is -0.855. The zero-order chi connectivity index (χ0) is 27.0. The smallest absolute Gasteiger partial charge is 0.410 e. The van der Waals surface area contributed by atoms with E-state index in [0.29, 0.717) is 33.8 Å². The molecule has 1 aliphatic heterocycles. The van der Waals surface area contributed by atoms with Crippen molar-refractivity contribution in [3.8, 4) is 0 Å². The fourth-order valence-corrected chi connectivity index (χ4v) is 4.05. The van der Waals surface area contributed by atoms with Crippen LogP contribution in [-0.2, 0) is 4.74 Å². The van der Waals surface area contributed by atoms with E-state index in [-0.39, 0.29) is 25.2 Å². The number of aromatic nitrogens is 3. The number of hydrogen-bond acceptors (Lipinski definition) is 8. The van der Waals surface area contributed by atoms with Crippen molar-refractivity contribution in [3.05, 3.63) is 53.2 Å². The number of hydrogen-bond donors (Lipinski definition) is 4. The Hall–Kier alpha value is -4.06. The van der Waals surface area contributed by atoms with E-state index < -0.39 is 29.0 Å². The molecule has 0 unspecified atom stereocenters. The van der Waals surface area contributed by atoms with E-state index in [1.807, 2.05) is 0 Å². The third-order valence-electron chi connectivity index (χ3n) is 5.80. The number of carbonyl (C=O) groups is 2. The summed E-state index contributed by atoms with van der Waals surface area (Å²) >= 11 is 0. The number of aliphatic hydroxyl groups is 1. The van der Waals surface area contributed by atoms with Crippen molar-refractivity contribution in [1.82, 2.24) is 25.2 Å². The van der Waals surface area contributed by atoms with E-state index in [0.717, 1.165) is 0 Å². The minimum atomic E-state index is -1.26. The van der Waals surface area contributed by atoms with Crippen molar-refractivity contribution >= 4 is 34.6 Å². The predicted octanol–water partition coefficient (Wildman–Crippen LogP) is 2.32. The molecular weight excluding hydrogens is 481 g/mol. The topological polar surface area (TPSA) is 145 Å². The van der Waals surface area contributed by atoms with Gasteiger partial charge in [-0.15, -0.1) is 0 Å². The Labute approximate surface area is 213 Å². The van der Waals surface area contributed by atoms with Gasteiger partial charge in [-0.05, 0) is 39.0 Å². The summed E-state index contributed by atoms with van der Waals surface area (Å²) < 4.78 is 19.0. The second-order valence-corrected chi connectivity index (χ2v) is 9.91. The van der Waals surface area contributed by atoms with Gasteiger partial charge in [0.1, 0.15) is 28.2 Å². The van der Waals surface area contributed by atoms with Gasteiger partial charge >= 0.3 is 6.09 Å². The number of benzene rings is 1. The number of β-amino-alcohol motifs (C(OH)–C–C–N with tert-alkyl or cyclic N) is 1. The molecule has 2 aromatic heterocycles. The maximum Gasteiger partial charge on any atom is 0.410 e. The largest absolute Gasteiger partial charge is 0.444 e. The summed E-state index contributed by atoms with van der Waals surface area (Å²) in [5, 5.41) is 16.3. The minimum Gasteiger partial charge on any atom is -0.444 e. The highest BCUT2D eigenvalue weighted by Gasteiger charge is 2.45. The van der Waals surface area contributed by atoms with Crippen LogP contribution in [0.25, 0.3) is 11.2 Å². The van der Waals surface area contributed by atoms with Gasteiger partial charge in [-0.25, -0.2) is 19.2 Å². The number of fused-ring (bicyclic) bond motifs is 1. The number of nitrogens with one attached hydrogen (secondary N) is 3. The van der Waals surface area contributed by atoms with Gasteiger partial charge in [0.05, 0.1) is 37.1 Å². The van der Waals surface area contributed by atoms with Gasteiger partial charge in [0.25, 0.3) is 5.91 Å². The van der Waals surface area contributed by atoms with Crippen molar-refractivity contribution in [2.75, 3.05) is 39.0 Å². The average molecular weight is 512 g/mol. The number of amides is 2. The van der Waals surface area contributed by atoms with E-state index >= 15 is 0 Å². The molecule has 0 saturated carbocycles. The molecule has 4 rings (SSSR count). The van der Waals surface area contributed by atoms with Crippen molar-refractivity contribution in [2.24, 2.45) is 4.99 Å². The lowest BCUT2D eigenvalue weighted by Crippen LogP contribution is -2.68. The number of H-pyrrole nitrogens is 1. The molecular formula is C25H30FN7O4. The second-order valence-electron chi connectivity index (χ2n) is 9.91. The molecule has 1 aliphatic rings. The number of ether oxygens (including phenoxy) is 1. The van der Waals surface area contributed by atoms with Crippen LogP contribution in [-0.4, -0.2) is 87.6 Å². The van der Waals surface area contributed by atoms with Gasteiger partial charge in [-0.2, -0.15) is 0 Å². The molecule has 0 bridgehead atoms. The first-order valence-corrected chi connectivity index (χ1v) is 11.7. The number of anilines is 1. The standard InChI is InChI=1S/C25H30FN7O4/c1-24(2,3)37-23(35)33-12-25(36,13-33)11-31-22(34)16-9-29-21-20(16)32-18(10-30-21)19(28-5)15-7-6-14(26)8-17(15)27-4/h6-10,27,36H,11-13H2,1-5H3,(H,29,30)(H,31,34). The van der Waals surface area contributed by atoms with Gasteiger partial charge in [-0.1, -0.05) is 0 Å². The van der Waals surface area contributed by atoms with Gasteiger partial charge in [-0.3, -0.25) is 9.79 Å². The molecule has 3 heterocycles. The molecule has 37 heavy (non-hydrogen) atoms. The molecule has 1 fully saturated rings. The Kier molecular flexibility index (Phi) is 6.87. The van der Waals surface area contributed by atoms with Crippen LogP contribution in [0.5, 0.6) is 0 Å². The lowest BCUT2D eigenvalue weighted by Gasteiger charge is -2.46. The summed E-state index contributed by atoms with van der Waals surface area (Å²) in [6, 6.07) is 4.29. The van der Waals surface area contributed by atoms with E-state index in [4.69, 9.17) is 4.74 Å². The molecule has 1 saturated heterocycles. The van der Waals surface area contributed by atoms with Crippen molar-refractivity contribution in [1.29, 1.82) is 0 Å². The van der Waals surface area contributed by atoms with Gasteiger partial charge in [0.2, 0.25) is 0 Å². The Balaban J connectivity index is 1.49. The van der Waals surface area contributed by atoms with Gasteiger partial charge < -0.3 is 30.4 Å². The number of aromatic amines is 1. The summed E-state index contributed by atoms with van der Waals surface area (Å²) in [4.78, 5) is 42.7. The highest BCUT2D eigenvalue weighted by atomic mass is 19.1. The number of rotatable bonds is 6. The van der Waals surface area contributed by atoms with Crippen LogP contribution in [0.3, 0.4) is 0 Å². The summed E-state index contributed by atoms with van der Waals surface area (Å²) in [7, 11) is 3.27. The molecule has 2 amide bonds. The fraction of sp³-hybridized carbons (Fsp3) is 0.400. The molecule has 0 radical (unpaired) electrons. The first-order chi connectivity index (χ1) is 17.4. The van der Waals surface area contributed by atoms with Crippen LogP contribution in [0.2, 0.25) is 0 Å². The maximum absolute atomic E-state index is 13.7. The quantitative estimate of drug-likeness (QED) is 0.372. The Bertz CT molecular complexity index is 1370. The number of aliphatic imine (C=N–C) groups is 1. The van der Waals surface area contributed by atoms with Crippen LogP contribution in [0.1, 0.15) is 42.4 Å². The molecule has 3 aromatic rings. The monoisotopic (exact) mass is 511 g/mol. The van der Waals surface area contributed by atoms with Crippen LogP contribution < -0.4 is 10.6 Å². The first kappa shape index (κ1) is 26.0. The zero-order valence-corrected chi connectivity index (χ0v) is 21.3. The highest BCUT2D eigenvalue weighted by Crippen LogP contribution is 2.24. The number of carbonyl (C=O) groups excluding carboxylic acids is 2. The van der Waals surface area contributed by atoms with Crippen molar-refractivity contribution in [3.63, 3.8) is 0 Å². The van der Waals surface area contributed by atoms with Crippen LogP contribution in [0.15, 0.2) is 35.6 Å². The Morgan fingerprint density at radius 2 is 2.03 bits per heavy atom. The van der Waals surface area contributed by atoms with E-state index in [1.54, 1.807) is 40.9 Å². The number of likely N-dealkylation sites (tertiary alicyclic amines) is 1. The highest BCUT2D eigenvalue weighted by molar-refractivity contribution is 6.15. The van der Waals surface area contributed by atoms with Crippen LogP contribution >= 0.6 is 0 Å². The molecule has 196 valence electrons. The van der Waals surface area contributed by atoms with E-state index in [2.05, 4.69) is 30.6 Å². The lowest BCUT2D eigenvalue weighted by molar-refractivity contribution is -0.0948. The summed E-state index contributed by atoms with van der Waals surface area (Å²) in [6.45, 7) is 5.32. The zero-order valence-electron chi connectivity index (χ0n) is 21.3. The van der Waals surface area contributed by atoms with Crippen molar-refractivity contribution in [2.45, 2.75) is 32.0 Å². The maximum atomic E-state index is 13.7. The third-order valence-corrected chi connectivity index (χ3v) is 5.80. The SMILES string of the molecule is CN=C(c1cnc2[nH]cc(C(=O)NCC3(O)CN(C(=O)OC(C)(C)C)C3)c2n1)c1ccc(F)cc1NC. The van der Waals surface area contributed by atoms with Crippen LogP contribution in [0, 0.1) is 5.82 Å². The summed E-state index contributed by atoms with van der Waals surface area (Å²) in [6.07, 6.45) is 2.49. The Morgan fingerprint density at radius 3 is 2.68 bits per heavy atom. The van der Waals surface area contributed by atoms with Crippen LogP contribution in [0.4, 0.5) is 14.9 Å². The molecule has 0 atom stereocenters. The normalized spacial score (nSPS) is 15.3. The minimum absolute atomic E-state index is 0.0435. The molecule has 4 N–H and O–H groups in total.